The van der Waals surface area contributed by atoms with Crippen molar-refractivity contribution in [2.75, 3.05) is 0 Å². The Bertz CT molecular complexity index is 1100. The van der Waals surface area contributed by atoms with Gasteiger partial charge in [0.2, 0.25) is 5.91 Å². The number of carbonyl (C=O) groups excluding carboxylic acids is 1. The fourth-order valence-corrected chi connectivity index (χ4v) is 2.96. The first-order chi connectivity index (χ1) is 13.8. The maximum Gasteiger partial charge on any atom is 0.288 e. The lowest BCUT2D eigenvalue weighted by atomic mass is 10.1. The zero-order valence-corrected chi connectivity index (χ0v) is 16.0. The SMILES string of the molecule is Cn1ccnc1C(NC(=O)/C=C/c1ccc(Cl)c([N+](=O)[O-])c1)c1cccc(F)c1. The summed E-state index contributed by atoms with van der Waals surface area (Å²) in [6.07, 6.45) is 5.97. The van der Waals surface area contributed by atoms with E-state index in [1.54, 1.807) is 42.2 Å². The first kappa shape index (κ1) is 20.2. The van der Waals surface area contributed by atoms with Gasteiger partial charge in [0, 0.05) is 31.6 Å². The van der Waals surface area contributed by atoms with Crippen molar-refractivity contribution in [1.29, 1.82) is 0 Å². The fraction of sp³-hybridized carbons (Fsp3) is 0.100. The van der Waals surface area contributed by atoms with Crippen molar-refractivity contribution in [3.63, 3.8) is 0 Å². The number of hydrogen-bond acceptors (Lipinski definition) is 4. The van der Waals surface area contributed by atoms with Gasteiger partial charge in [0.1, 0.15) is 22.7 Å². The summed E-state index contributed by atoms with van der Waals surface area (Å²) in [6.45, 7) is 0. The van der Waals surface area contributed by atoms with Crippen molar-refractivity contribution < 1.29 is 14.1 Å². The van der Waals surface area contributed by atoms with Crippen LogP contribution in [0.3, 0.4) is 0 Å². The first-order valence-electron chi connectivity index (χ1n) is 8.50. The highest BCUT2D eigenvalue weighted by molar-refractivity contribution is 6.32. The van der Waals surface area contributed by atoms with Gasteiger partial charge in [-0.1, -0.05) is 29.8 Å². The van der Waals surface area contributed by atoms with Crippen molar-refractivity contribution in [3.8, 4) is 0 Å². The highest BCUT2D eigenvalue weighted by Gasteiger charge is 2.20. The van der Waals surface area contributed by atoms with E-state index in [4.69, 9.17) is 11.6 Å². The molecule has 0 spiro atoms. The second-order valence-electron chi connectivity index (χ2n) is 6.19. The Labute approximate surface area is 170 Å². The monoisotopic (exact) mass is 414 g/mol. The van der Waals surface area contributed by atoms with Crippen LogP contribution in [0, 0.1) is 15.9 Å². The van der Waals surface area contributed by atoms with Crippen molar-refractivity contribution in [3.05, 3.63) is 98.8 Å². The molecule has 0 aliphatic carbocycles. The second-order valence-corrected chi connectivity index (χ2v) is 6.60. The third kappa shape index (κ3) is 4.85. The minimum atomic E-state index is -0.678. The van der Waals surface area contributed by atoms with E-state index in [0.29, 0.717) is 17.0 Å². The third-order valence-electron chi connectivity index (χ3n) is 4.18. The largest absolute Gasteiger partial charge is 0.339 e. The molecule has 0 saturated carbocycles. The molecule has 7 nitrogen and oxygen atoms in total. The van der Waals surface area contributed by atoms with E-state index < -0.39 is 22.7 Å². The predicted octanol–water partition coefficient (Wildman–Crippen LogP) is 4.04. The quantitative estimate of drug-likeness (QED) is 0.374. The van der Waals surface area contributed by atoms with Crippen molar-refractivity contribution >= 4 is 29.3 Å². The maximum atomic E-state index is 13.7. The summed E-state index contributed by atoms with van der Waals surface area (Å²) in [4.78, 5) is 27.1. The van der Waals surface area contributed by atoms with Gasteiger partial charge in [0.15, 0.2) is 0 Å². The van der Waals surface area contributed by atoms with Crippen molar-refractivity contribution in [2.24, 2.45) is 7.05 Å². The summed E-state index contributed by atoms with van der Waals surface area (Å²) in [5.41, 5.74) is 0.721. The number of aromatic nitrogens is 2. The van der Waals surface area contributed by atoms with Crippen LogP contribution in [0.1, 0.15) is 23.0 Å². The number of aryl methyl sites for hydroxylation is 1. The Balaban J connectivity index is 1.84. The topological polar surface area (TPSA) is 90.1 Å². The molecule has 3 aromatic rings. The van der Waals surface area contributed by atoms with E-state index in [-0.39, 0.29) is 10.7 Å². The number of nitro benzene ring substituents is 1. The smallest absolute Gasteiger partial charge is 0.288 e. The lowest BCUT2D eigenvalue weighted by Gasteiger charge is -2.18. The summed E-state index contributed by atoms with van der Waals surface area (Å²) >= 11 is 5.79. The highest BCUT2D eigenvalue weighted by Crippen LogP contribution is 2.26. The van der Waals surface area contributed by atoms with E-state index in [1.807, 2.05) is 0 Å². The molecule has 148 valence electrons. The van der Waals surface area contributed by atoms with Gasteiger partial charge in [-0.25, -0.2) is 9.37 Å². The fourth-order valence-electron chi connectivity index (χ4n) is 2.77. The van der Waals surface area contributed by atoms with E-state index >= 15 is 0 Å². The number of hydrogen-bond donors (Lipinski definition) is 1. The van der Waals surface area contributed by atoms with Gasteiger partial charge in [-0.15, -0.1) is 0 Å². The summed E-state index contributed by atoms with van der Waals surface area (Å²) in [5, 5.41) is 13.8. The van der Waals surface area contributed by atoms with Gasteiger partial charge < -0.3 is 9.88 Å². The van der Waals surface area contributed by atoms with Crippen LogP contribution < -0.4 is 5.32 Å². The molecule has 0 saturated heterocycles. The predicted molar refractivity (Wildman–Crippen MR) is 107 cm³/mol. The molecule has 0 bridgehead atoms. The number of carbonyl (C=O) groups is 1. The van der Waals surface area contributed by atoms with Crippen LogP contribution in [0.5, 0.6) is 0 Å². The number of amides is 1. The van der Waals surface area contributed by atoms with Crippen LogP contribution in [-0.4, -0.2) is 20.4 Å². The molecule has 1 aromatic heterocycles. The Morgan fingerprint density at radius 3 is 2.79 bits per heavy atom. The average molecular weight is 415 g/mol. The molecule has 0 radical (unpaired) electrons. The molecule has 1 unspecified atom stereocenters. The Morgan fingerprint density at radius 2 is 2.14 bits per heavy atom. The van der Waals surface area contributed by atoms with Crippen LogP contribution >= 0.6 is 11.6 Å². The van der Waals surface area contributed by atoms with Crippen LogP contribution in [0.15, 0.2) is 60.9 Å². The van der Waals surface area contributed by atoms with Crippen LogP contribution in [-0.2, 0) is 11.8 Å². The summed E-state index contributed by atoms with van der Waals surface area (Å²) in [6, 6.07) is 9.42. The number of nitrogens with zero attached hydrogens (tertiary/aromatic N) is 3. The zero-order valence-electron chi connectivity index (χ0n) is 15.3. The van der Waals surface area contributed by atoms with Crippen molar-refractivity contribution in [2.45, 2.75) is 6.04 Å². The molecule has 2 aromatic carbocycles. The molecule has 1 amide bonds. The van der Waals surface area contributed by atoms with E-state index in [0.717, 1.165) is 0 Å². The van der Waals surface area contributed by atoms with E-state index in [9.17, 15) is 19.3 Å². The number of rotatable bonds is 6. The number of halogens is 2. The normalized spacial score (nSPS) is 12.1. The van der Waals surface area contributed by atoms with Crippen LogP contribution in [0.25, 0.3) is 6.08 Å². The molecule has 0 fully saturated rings. The standard InChI is InChI=1S/C20H16ClFN4O3/c1-25-10-9-23-20(25)19(14-3-2-4-15(22)12-14)24-18(27)8-6-13-5-7-16(21)17(11-13)26(28)29/h2-12,19H,1H3,(H,24,27)/b8-6+. The van der Waals surface area contributed by atoms with Crippen LogP contribution in [0.2, 0.25) is 5.02 Å². The van der Waals surface area contributed by atoms with Gasteiger partial charge in [0.05, 0.1) is 4.92 Å². The lowest BCUT2D eigenvalue weighted by Crippen LogP contribution is -2.29. The Kier molecular flexibility index (Phi) is 6.04. The van der Waals surface area contributed by atoms with E-state index in [2.05, 4.69) is 10.3 Å². The molecule has 0 aliphatic heterocycles. The lowest BCUT2D eigenvalue weighted by molar-refractivity contribution is -0.384. The van der Waals surface area contributed by atoms with E-state index in [1.165, 1.54) is 36.4 Å². The molecule has 1 atom stereocenters. The zero-order chi connectivity index (χ0) is 21.0. The maximum absolute atomic E-state index is 13.7. The molecule has 1 N–H and O–H groups in total. The third-order valence-corrected chi connectivity index (χ3v) is 4.50. The number of nitro groups is 1. The van der Waals surface area contributed by atoms with Gasteiger partial charge in [-0.3, -0.25) is 14.9 Å². The first-order valence-corrected chi connectivity index (χ1v) is 8.88. The number of imidazole rings is 1. The average Bonchev–Trinajstić information content (AvgIpc) is 3.10. The minimum Gasteiger partial charge on any atom is -0.339 e. The Morgan fingerprint density at radius 1 is 1.34 bits per heavy atom. The molecule has 0 aliphatic rings. The number of benzene rings is 2. The highest BCUT2D eigenvalue weighted by atomic mass is 35.5. The molecular formula is C20H16ClFN4O3. The van der Waals surface area contributed by atoms with Crippen molar-refractivity contribution in [1.82, 2.24) is 14.9 Å². The summed E-state index contributed by atoms with van der Waals surface area (Å²) in [5.74, 6) is -0.376. The molecular weight excluding hydrogens is 399 g/mol. The van der Waals surface area contributed by atoms with Crippen LogP contribution in [0.4, 0.5) is 10.1 Å². The van der Waals surface area contributed by atoms with Gasteiger partial charge >= 0.3 is 0 Å². The van der Waals surface area contributed by atoms with Gasteiger partial charge in [0.25, 0.3) is 5.69 Å². The molecule has 1 heterocycles. The Hall–Kier alpha value is -3.52. The summed E-state index contributed by atoms with van der Waals surface area (Å²) in [7, 11) is 1.77. The van der Waals surface area contributed by atoms with Gasteiger partial charge in [-0.2, -0.15) is 0 Å². The summed E-state index contributed by atoms with van der Waals surface area (Å²) < 4.78 is 15.4. The molecule has 29 heavy (non-hydrogen) atoms. The minimum absolute atomic E-state index is 0.0116. The molecule has 3 rings (SSSR count). The molecule has 9 heteroatoms. The van der Waals surface area contributed by atoms with Gasteiger partial charge in [-0.05, 0) is 35.4 Å². The number of nitrogens with one attached hydrogen (secondary N) is 1. The second kappa shape index (κ2) is 8.66.